The molecule has 2 atom stereocenters. The molecular formula is C16H25ClFN3O. The van der Waals surface area contributed by atoms with Gasteiger partial charge in [0, 0.05) is 24.8 Å². The molecule has 2 rings (SSSR count). The second kappa shape index (κ2) is 7.40. The Hall–Kier alpha value is -1.17. The minimum atomic E-state index is -0.356. The van der Waals surface area contributed by atoms with Crippen molar-refractivity contribution in [3.05, 3.63) is 30.1 Å². The number of nitrogens with zero attached hydrogens (tertiary/aromatic N) is 1. The second-order valence-corrected chi connectivity index (χ2v) is 6.53. The van der Waals surface area contributed by atoms with Gasteiger partial charge in [-0.25, -0.2) is 4.39 Å². The average molecular weight is 330 g/mol. The van der Waals surface area contributed by atoms with Gasteiger partial charge in [0.25, 0.3) is 0 Å². The van der Waals surface area contributed by atoms with Gasteiger partial charge in [0.1, 0.15) is 5.82 Å². The van der Waals surface area contributed by atoms with Crippen molar-refractivity contribution in [1.29, 1.82) is 0 Å². The minimum absolute atomic E-state index is 0. The van der Waals surface area contributed by atoms with E-state index in [1.54, 1.807) is 12.1 Å². The van der Waals surface area contributed by atoms with Crippen LogP contribution < -0.4 is 11.1 Å². The van der Waals surface area contributed by atoms with Gasteiger partial charge in [0.15, 0.2) is 0 Å². The number of nitrogens with one attached hydrogen (secondary N) is 1. The SMILES string of the molecule is CC(C(=O)Nc1cccc(F)c1)N1CCC(N)C(C)(C)C1.Cl. The zero-order valence-corrected chi connectivity index (χ0v) is 14.1. The van der Waals surface area contributed by atoms with E-state index in [4.69, 9.17) is 5.73 Å². The fourth-order valence-electron chi connectivity index (χ4n) is 2.72. The van der Waals surface area contributed by atoms with Crippen LogP contribution in [0.4, 0.5) is 10.1 Å². The fourth-order valence-corrected chi connectivity index (χ4v) is 2.72. The maximum atomic E-state index is 13.1. The molecule has 1 aliphatic heterocycles. The van der Waals surface area contributed by atoms with Crippen LogP contribution in [0.5, 0.6) is 0 Å². The second-order valence-electron chi connectivity index (χ2n) is 6.53. The molecule has 0 radical (unpaired) electrons. The van der Waals surface area contributed by atoms with Gasteiger partial charge >= 0.3 is 0 Å². The summed E-state index contributed by atoms with van der Waals surface area (Å²) in [7, 11) is 0. The van der Waals surface area contributed by atoms with Crippen molar-refractivity contribution in [2.24, 2.45) is 11.1 Å². The summed E-state index contributed by atoms with van der Waals surface area (Å²) in [6, 6.07) is 5.84. The average Bonchev–Trinajstić information content (AvgIpc) is 2.41. The van der Waals surface area contributed by atoms with Gasteiger partial charge in [-0.1, -0.05) is 19.9 Å². The normalized spacial score (nSPS) is 22.5. The quantitative estimate of drug-likeness (QED) is 0.896. The van der Waals surface area contributed by atoms with Gasteiger partial charge in [-0.3, -0.25) is 9.69 Å². The summed E-state index contributed by atoms with van der Waals surface area (Å²) >= 11 is 0. The first-order valence-electron chi connectivity index (χ1n) is 7.35. The Bertz CT molecular complexity index is 524. The van der Waals surface area contributed by atoms with Crippen LogP contribution in [0, 0.1) is 11.2 Å². The van der Waals surface area contributed by atoms with Crippen LogP contribution in [0.2, 0.25) is 0 Å². The highest BCUT2D eigenvalue weighted by molar-refractivity contribution is 5.94. The Morgan fingerprint density at radius 1 is 1.50 bits per heavy atom. The number of amides is 1. The van der Waals surface area contributed by atoms with Crippen molar-refractivity contribution in [1.82, 2.24) is 4.90 Å². The number of hydrogen-bond donors (Lipinski definition) is 2. The number of anilines is 1. The lowest BCUT2D eigenvalue weighted by atomic mass is 9.79. The topological polar surface area (TPSA) is 58.4 Å². The first kappa shape index (κ1) is 18.9. The Balaban J connectivity index is 0.00000242. The lowest BCUT2D eigenvalue weighted by Gasteiger charge is -2.44. The molecule has 3 N–H and O–H groups in total. The highest BCUT2D eigenvalue weighted by atomic mass is 35.5. The molecule has 1 amide bonds. The smallest absolute Gasteiger partial charge is 0.241 e. The number of nitrogens with two attached hydrogens (primary N) is 1. The third kappa shape index (κ3) is 4.41. The predicted octanol–water partition coefficient (Wildman–Crippen LogP) is 2.63. The van der Waals surface area contributed by atoms with E-state index in [0.717, 1.165) is 19.5 Å². The number of benzene rings is 1. The predicted molar refractivity (Wildman–Crippen MR) is 89.7 cm³/mol. The first-order valence-corrected chi connectivity index (χ1v) is 7.35. The van der Waals surface area contributed by atoms with Crippen LogP contribution >= 0.6 is 12.4 Å². The van der Waals surface area contributed by atoms with E-state index in [-0.39, 0.29) is 41.6 Å². The molecule has 0 spiro atoms. The standard InChI is InChI=1S/C16H24FN3O.ClH/c1-11(20-8-7-14(18)16(2,3)10-20)15(21)19-13-6-4-5-12(17)9-13;/h4-6,9,11,14H,7-8,10,18H2,1-3H3,(H,19,21);1H. The molecule has 124 valence electrons. The zero-order valence-electron chi connectivity index (χ0n) is 13.3. The summed E-state index contributed by atoms with van der Waals surface area (Å²) in [6.45, 7) is 7.72. The van der Waals surface area contributed by atoms with Crippen molar-refractivity contribution in [2.45, 2.75) is 39.3 Å². The number of rotatable bonds is 3. The third-order valence-corrected chi connectivity index (χ3v) is 4.36. The molecule has 6 heteroatoms. The first-order chi connectivity index (χ1) is 9.79. The molecule has 1 aromatic carbocycles. The van der Waals surface area contributed by atoms with Crippen LogP contribution in [0.25, 0.3) is 0 Å². The Morgan fingerprint density at radius 2 is 2.18 bits per heavy atom. The lowest BCUT2D eigenvalue weighted by Crippen LogP contribution is -2.56. The van der Waals surface area contributed by atoms with E-state index < -0.39 is 0 Å². The van der Waals surface area contributed by atoms with Crippen molar-refractivity contribution in [3.8, 4) is 0 Å². The molecule has 0 aliphatic carbocycles. The molecule has 1 heterocycles. The van der Waals surface area contributed by atoms with Gasteiger partial charge in [-0.2, -0.15) is 0 Å². The van der Waals surface area contributed by atoms with Gasteiger partial charge in [0.2, 0.25) is 5.91 Å². The summed E-state index contributed by atoms with van der Waals surface area (Å²) in [5.74, 6) is -0.475. The number of piperidine rings is 1. The van der Waals surface area contributed by atoms with E-state index >= 15 is 0 Å². The van der Waals surface area contributed by atoms with Gasteiger partial charge < -0.3 is 11.1 Å². The largest absolute Gasteiger partial charge is 0.327 e. The summed E-state index contributed by atoms with van der Waals surface area (Å²) < 4.78 is 13.1. The molecule has 1 aliphatic rings. The minimum Gasteiger partial charge on any atom is -0.327 e. The number of hydrogen-bond acceptors (Lipinski definition) is 3. The molecule has 2 unspecified atom stereocenters. The number of halogens is 2. The van der Waals surface area contributed by atoms with Crippen molar-refractivity contribution < 1.29 is 9.18 Å². The third-order valence-electron chi connectivity index (χ3n) is 4.36. The summed E-state index contributed by atoms with van der Waals surface area (Å²) in [5, 5.41) is 2.77. The summed E-state index contributed by atoms with van der Waals surface area (Å²) in [4.78, 5) is 14.4. The van der Waals surface area contributed by atoms with Gasteiger partial charge in [0.05, 0.1) is 6.04 Å². The Kier molecular flexibility index (Phi) is 6.35. The molecule has 22 heavy (non-hydrogen) atoms. The molecular weight excluding hydrogens is 305 g/mol. The number of carbonyl (C=O) groups excluding carboxylic acids is 1. The lowest BCUT2D eigenvalue weighted by molar-refractivity contribution is -0.122. The van der Waals surface area contributed by atoms with Gasteiger partial charge in [-0.05, 0) is 37.0 Å². The summed E-state index contributed by atoms with van der Waals surface area (Å²) in [5.41, 5.74) is 6.60. The Morgan fingerprint density at radius 3 is 2.77 bits per heavy atom. The van der Waals surface area contributed by atoms with Crippen molar-refractivity contribution in [3.63, 3.8) is 0 Å². The van der Waals surface area contributed by atoms with E-state index in [2.05, 4.69) is 24.1 Å². The van der Waals surface area contributed by atoms with Crippen LogP contribution in [-0.4, -0.2) is 36.0 Å². The highest BCUT2D eigenvalue weighted by Crippen LogP contribution is 2.29. The van der Waals surface area contributed by atoms with Crippen LogP contribution in [-0.2, 0) is 4.79 Å². The molecule has 0 saturated carbocycles. The van der Waals surface area contributed by atoms with E-state index in [1.807, 2.05) is 6.92 Å². The van der Waals surface area contributed by atoms with E-state index in [0.29, 0.717) is 5.69 Å². The number of likely N-dealkylation sites (tertiary alicyclic amines) is 1. The van der Waals surface area contributed by atoms with Crippen LogP contribution in [0.15, 0.2) is 24.3 Å². The van der Waals surface area contributed by atoms with Crippen LogP contribution in [0.1, 0.15) is 27.2 Å². The molecule has 1 aromatic rings. The molecule has 1 saturated heterocycles. The van der Waals surface area contributed by atoms with Crippen molar-refractivity contribution in [2.75, 3.05) is 18.4 Å². The molecule has 0 bridgehead atoms. The Labute approximate surface area is 137 Å². The zero-order chi connectivity index (χ0) is 15.6. The maximum Gasteiger partial charge on any atom is 0.241 e. The summed E-state index contributed by atoms with van der Waals surface area (Å²) in [6.07, 6.45) is 0.880. The van der Waals surface area contributed by atoms with Crippen molar-refractivity contribution >= 4 is 24.0 Å². The molecule has 0 aromatic heterocycles. The maximum absolute atomic E-state index is 13.1. The van der Waals surface area contributed by atoms with Crippen LogP contribution in [0.3, 0.4) is 0 Å². The molecule has 1 fully saturated rings. The van der Waals surface area contributed by atoms with Gasteiger partial charge in [-0.15, -0.1) is 12.4 Å². The number of carbonyl (C=O) groups is 1. The highest BCUT2D eigenvalue weighted by Gasteiger charge is 2.36. The molecule has 4 nitrogen and oxygen atoms in total. The van der Waals surface area contributed by atoms with E-state index in [9.17, 15) is 9.18 Å². The fraction of sp³-hybridized carbons (Fsp3) is 0.562. The van der Waals surface area contributed by atoms with E-state index in [1.165, 1.54) is 12.1 Å². The monoisotopic (exact) mass is 329 g/mol.